The first kappa shape index (κ1) is 48.4. The minimum atomic E-state index is -1.25. The number of carbonyl (C=O) groups excluding carboxylic acids is 2. The molecular weight excluding hydrogens is 829 g/mol. The van der Waals surface area contributed by atoms with Gasteiger partial charge in [-0.1, -0.05) is 56.9 Å². The lowest BCUT2D eigenvalue weighted by Gasteiger charge is -2.37. The van der Waals surface area contributed by atoms with E-state index in [1.165, 1.54) is 39.3 Å². The molecule has 0 aliphatic carbocycles. The van der Waals surface area contributed by atoms with Crippen LogP contribution >= 0.6 is 0 Å². The predicted molar refractivity (Wildman–Crippen MR) is 249 cm³/mol. The number of oxime groups is 2. The zero-order valence-electron chi connectivity index (χ0n) is 39.2. The molecule has 4 aliphatic heterocycles. The lowest BCUT2D eigenvalue weighted by Crippen LogP contribution is -2.46. The highest BCUT2D eigenvalue weighted by atomic mass is 16.5. The van der Waals surface area contributed by atoms with Crippen molar-refractivity contribution in [2.75, 3.05) is 6.54 Å². The standard InChI is InChI=1S/C51H66N4O10/c1-30(2)14-9-16-32(5)18-11-21-50(7)43(52-62)26-36-41(56)24-34-38(45(36)64-50)28-54(47(34)58)23-13-20-40(49(60)61)55-29-39-35(48(55)59)25-42(57)37-27-44(53-63)51(8,65-46(37)39)22-12-19-33(6)17-10-15-31(3)4/h14-15,18-19,24-25,40,56-57,62-63H,9-13,16-17,20-23,26-29H2,1-8H3,(H,60,61)/b32-18+,33-19+,52-43?,53-44?/t40-,50+,51+/m0/s1. The van der Waals surface area contributed by atoms with E-state index in [4.69, 9.17) is 9.47 Å². The number of aliphatic carboxylic acids is 1. The molecule has 0 bridgehead atoms. The third-order valence-corrected chi connectivity index (χ3v) is 13.4. The van der Waals surface area contributed by atoms with Crippen LogP contribution < -0.4 is 9.47 Å². The van der Waals surface area contributed by atoms with E-state index >= 15 is 0 Å². The highest BCUT2D eigenvalue weighted by molar-refractivity contribution is 6.04. The number of aromatic hydroxyl groups is 2. The first-order chi connectivity index (χ1) is 30.8. The second kappa shape index (κ2) is 20.0. The predicted octanol–water partition coefficient (Wildman–Crippen LogP) is 9.94. The van der Waals surface area contributed by atoms with Crippen molar-refractivity contribution < 1.29 is 49.6 Å². The molecule has 0 unspecified atom stereocenters. The number of carboxylic acid groups (broad SMARTS) is 1. The monoisotopic (exact) mass is 894 g/mol. The molecule has 14 nitrogen and oxygen atoms in total. The fourth-order valence-electron chi connectivity index (χ4n) is 9.42. The smallest absolute Gasteiger partial charge is 0.326 e. The normalized spacial score (nSPS) is 22.0. The Morgan fingerprint density at radius 2 is 1.17 bits per heavy atom. The molecule has 0 radical (unpaired) electrons. The Kier molecular flexibility index (Phi) is 14.9. The average Bonchev–Trinajstić information content (AvgIpc) is 3.73. The Labute approximate surface area is 382 Å². The minimum absolute atomic E-state index is 0.0259. The van der Waals surface area contributed by atoms with Crippen LogP contribution in [0.15, 0.2) is 69.0 Å². The van der Waals surface area contributed by atoms with Gasteiger partial charge in [-0.3, -0.25) is 9.59 Å². The maximum absolute atomic E-state index is 14.0. The van der Waals surface area contributed by atoms with Gasteiger partial charge in [-0.2, -0.15) is 0 Å². The van der Waals surface area contributed by atoms with Crippen molar-refractivity contribution in [2.45, 2.75) is 163 Å². The SMILES string of the molecule is CC(C)=CCC/C(C)=C/CC[C@@]1(C)Oc2c(c(O)cc3c2CN(CCC[C@@H](C(=O)O)N2Cc4c(cc(O)c5c4O[C@](C)(CC/C=C(\C)CCC=C(C)C)C(=NO)C5)C2=O)C3=O)CC1=NO. The Morgan fingerprint density at radius 3 is 1.62 bits per heavy atom. The molecule has 0 saturated carbocycles. The van der Waals surface area contributed by atoms with Crippen LogP contribution in [0.3, 0.4) is 0 Å². The van der Waals surface area contributed by atoms with Gasteiger partial charge in [-0.15, -0.1) is 0 Å². The van der Waals surface area contributed by atoms with Crippen LogP contribution in [-0.4, -0.2) is 88.5 Å². The van der Waals surface area contributed by atoms with Crippen LogP contribution in [0.1, 0.15) is 163 Å². The van der Waals surface area contributed by atoms with Crippen LogP contribution in [0.25, 0.3) is 0 Å². The Balaban J connectivity index is 1.13. The van der Waals surface area contributed by atoms with Gasteiger partial charge in [0.1, 0.15) is 51.7 Å². The molecule has 0 saturated heterocycles. The number of carboxylic acids is 1. The molecule has 4 aliphatic rings. The maximum Gasteiger partial charge on any atom is 0.326 e. The lowest BCUT2D eigenvalue weighted by molar-refractivity contribution is -0.142. The molecule has 14 heteroatoms. The summed E-state index contributed by atoms with van der Waals surface area (Å²) in [4.78, 5) is 43.5. The van der Waals surface area contributed by atoms with E-state index in [2.05, 4.69) is 76.2 Å². The number of benzene rings is 2. The fraction of sp³-hybridized carbons (Fsp3) is 0.510. The molecule has 2 amide bonds. The van der Waals surface area contributed by atoms with E-state index in [0.717, 1.165) is 25.7 Å². The number of fused-ring (bicyclic) bond motifs is 6. The molecule has 350 valence electrons. The number of ether oxygens (including phenoxy) is 2. The summed E-state index contributed by atoms with van der Waals surface area (Å²) in [5.74, 6) is -1.76. The lowest BCUT2D eigenvalue weighted by atomic mass is 9.84. The van der Waals surface area contributed by atoms with Gasteiger partial charge >= 0.3 is 5.97 Å². The number of rotatable bonds is 18. The van der Waals surface area contributed by atoms with Crippen molar-refractivity contribution in [3.8, 4) is 23.0 Å². The van der Waals surface area contributed by atoms with E-state index in [0.29, 0.717) is 76.4 Å². The number of hydrogen-bond acceptors (Lipinski definition) is 11. The molecule has 0 aromatic heterocycles. The molecule has 2 aromatic carbocycles. The maximum atomic E-state index is 14.0. The third-order valence-electron chi connectivity index (χ3n) is 13.4. The van der Waals surface area contributed by atoms with Gasteiger partial charge in [0.2, 0.25) is 0 Å². The van der Waals surface area contributed by atoms with Gasteiger partial charge in [0.05, 0.1) is 24.2 Å². The summed E-state index contributed by atoms with van der Waals surface area (Å²) in [5.41, 5.74) is 5.98. The fourth-order valence-corrected chi connectivity index (χ4v) is 9.42. The average molecular weight is 895 g/mol. The molecular formula is C51H66N4O10. The van der Waals surface area contributed by atoms with E-state index in [9.17, 15) is 40.1 Å². The van der Waals surface area contributed by atoms with Crippen LogP contribution in [0, 0.1) is 0 Å². The van der Waals surface area contributed by atoms with Crippen molar-refractivity contribution in [3.63, 3.8) is 0 Å². The highest BCUT2D eigenvalue weighted by Crippen LogP contribution is 2.48. The summed E-state index contributed by atoms with van der Waals surface area (Å²) in [6.45, 7) is 16.4. The molecule has 0 fully saturated rings. The molecule has 6 rings (SSSR count). The topological polar surface area (TPSA) is 202 Å². The second-order valence-corrected chi connectivity index (χ2v) is 19.0. The van der Waals surface area contributed by atoms with Gasteiger partial charge in [-0.05, 0) is 132 Å². The van der Waals surface area contributed by atoms with Gasteiger partial charge < -0.3 is 45.0 Å². The summed E-state index contributed by atoms with van der Waals surface area (Å²) in [5, 5.41) is 60.0. The number of hydrogen-bond donors (Lipinski definition) is 5. The summed E-state index contributed by atoms with van der Waals surface area (Å²) in [7, 11) is 0. The zero-order chi connectivity index (χ0) is 47.4. The first-order valence-electron chi connectivity index (χ1n) is 22.8. The molecule has 2 aromatic rings. The molecule has 3 atom stereocenters. The quantitative estimate of drug-likeness (QED) is 0.0545. The van der Waals surface area contributed by atoms with Crippen molar-refractivity contribution in [3.05, 3.63) is 92.1 Å². The molecule has 65 heavy (non-hydrogen) atoms. The van der Waals surface area contributed by atoms with Crippen molar-refractivity contribution in [1.29, 1.82) is 0 Å². The van der Waals surface area contributed by atoms with Crippen molar-refractivity contribution >= 4 is 29.2 Å². The minimum Gasteiger partial charge on any atom is -0.507 e. The highest BCUT2D eigenvalue weighted by Gasteiger charge is 2.46. The zero-order valence-corrected chi connectivity index (χ0v) is 39.2. The van der Waals surface area contributed by atoms with Gasteiger partial charge in [0.15, 0.2) is 0 Å². The largest absolute Gasteiger partial charge is 0.507 e. The van der Waals surface area contributed by atoms with Crippen molar-refractivity contribution in [2.24, 2.45) is 10.3 Å². The van der Waals surface area contributed by atoms with E-state index in [-0.39, 0.29) is 68.3 Å². The van der Waals surface area contributed by atoms with Crippen LogP contribution in [0.4, 0.5) is 0 Å². The van der Waals surface area contributed by atoms with E-state index < -0.39 is 29.1 Å². The Hall–Kier alpha value is -6.05. The summed E-state index contributed by atoms with van der Waals surface area (Å²) >= 11 is 0. The number of phenolic OH excluding ortho intramolecular Hbond substituents is 2. The van der Waals surface area contributed by atoms with Gasteiger partial charge in [0, 0.05) is 41.6 Å². The first-order valence-corrected chi connectivity index (χ1v) is 22.8. The Morgan fingerprint density at radius 1 is 0.708 bits per heavy atom. The van der Waals surface area contributed by atoms with Crippen LogP contribution in [0.5, 0.6) is 23.0 Å². The summed E-state index contributed by atoms with van der Waals surface area (Å²) in [6, 6.07) is 1.50. The molecule has 4 heterocycles. The number of amides is 2. The van der Waals surface area contributed by atoms with Crippen LogP contribution in [-0.2, 0) is 30.7 Å². The number of phenols is 2. The van der Waals surface area contributed by atoms with Gasteiger partial charge in [-0.25, -0.2) is 4.79 Å². The number of allylic oxidation sites excluding steroid dienone is 8. The molecule has 5 N–H and O–H groups in total. The second-order valence-electron chi connectivity index (χ2n) is 19.0. The van der Waals surface area contributed by atoms with E-state index in [1.807, 2.05) is 13.8 Å². The number of carbonyl (C=O) groups is 3. The summed E-state index contributed by atoms with van der Waals surface area (Å²) < 4.78 is 13.2. The molecule has 0 spiro atoms. The van der Waals surface area contributed by atoms with Gasteiger partial charge in [0.25, 0.3) is 11.8 Å². The summed E-state index contributed by atoms with van der Waals surface area (Å²) in [6.07, 6.45) is 15.2. The third kappa shape index (κ3) is 10.4. The van der Waals surface area contributed by atoms with Crippen molar-refractivity contribution in [1.82, 2.24) is 9.80 Å². The van der Waals surface area contributed by atoms with Crippen LogP contribution in [0.2, 0.25) is 0 Å². The van der Waals surface area contributed by atoms with E-state index in [1.54, 1.807) is 4.90 Å². The number of nitrogens with zero attached hydrogens (tertiary/aromatic N) is 4. The Bertz CT molecular complexity index is 2400.